The first kappa shape index (κ1) is 26.7. The second kappa shape index (κ2) is 11.6. The highest BCUT2D eigenvalue weighted by Gasteiger charge is 2.46. The van der Waals surface area contributed by atoms with Crippen LogP contribution in [0.3, 0.4) is 0 Å². The molecule has 3 unspecified atom stereocenters. The minimum atomic E-state index is -0.677. The molecule has 182 valence electrons. The van der Waals surface area contributed by atoms with Crippen molar-refractivity contribution < 1.29 is 28.8 Å². The number of hydrogen-bond donors (Lipinski definition) is 1. The minimum Gasteiger partial charge on any atom is -0.393 e. The Hall–Kier alpha value is -0.530. The molecule has 0 aliphatic carbocycles. The molecule has 6 heteroatoms. The van der Waals surface area contributed by atoms with Crippen LogP contribution in [-0.2, 0) is 23.7 Å². The summed E-state index contributed by atoms with van der Waals surface area (Å²) in [6.07, 6.45) is 5.34. The molecule has 31 heavy (non-hydrogen) atoms. The van der Waals surface area contributed by atoms with Gasteiger partial charge in [0.1, 0.15) is 5.78 Å². The average Bonchev–Trinajstić information content (AvgIpc) is 2.70. The number of hydrogen-bond acceptors (Lipinski definition) is 6. The van der Waals surface area contributed by atoms with Gasteiger partial charge in [0.25, 0.3) is 0 Å². The van der Waals surface area contributed by atoms with Crippen molar-refractivity contribution in [2.75, 3.05) is 13.2 Å². The highest BCUT2D eigenvalue weighted by molar-refractivity contribution is 5.87. The Balaban J connectivity index is 2.12. The summed E-state index contributed by atoms with van der Waals surface area (Å²) in [6, 6.07) is 0. The first-order valence-corrected chi connectivity index (χ1v) is 12.2. The summed E-state index contributed by atoms with van der Waals surface area (Å²) in [5.74, 6) is -0.606. The Morgan fingerprint density at radius 2 is 1.84 bits per heavy atom. The van der Waals surface area contributed by atoms with E-state index in [1.165, 1.54) is 0 Å². The van der Waals surface area contributed by atoms with Crippen molar-refractivity contribution in [3.05, 3.63) is 0 Å². The van der Waals surface area contributed by atoms with Crippen LogP contribution < -0.4 is 0 Å². The normalized spacial score (nSPS) is 28.5. The molecule has 0 radical (unpaired) electrons. The lowest BCUT2D eigenvalue weighted by Crippen LogP contribution is -2.52. The van der Waals surface area contributed by atoms with Crippen molar-refractivity contribution in [1.82, 2.24) is 0 Å². The molecule has 0 spiro atoms. The van der Waals surface area contributed by atoms with E-state index in [2.05, 4.69) is 6.92 Å². The summed E-state index contributed by atoms with van der Waals surface area (Å²) in [6.45, 7) is 15.1. The smallest absolute Gasteiger partial charge is 0.163 e. The van der Waals surface area contributed by atoms with Gasteiger partial charge in [-0.1, -0.05) is 34.1 Å². The van der Waals surface area contributed by atoms with E-state index in [4.69, 9.17) is 18.9 Å². The van der Waals surface area contributed by atoms with Gasteiger partial charge in [-0.05, 0) is 65.2 Å². The first-order valence-electron chi connectivity index (χ1n) is 12.2. The third-order valence-electron chi connectivity index (χ3n) is 6.89. The summed E-state index contributed by atoms with van der Waals surface area (Å²) in [5, 5.41) is 9.63. The second-order valence-electron chi connectivity index (χ2n) is 10.7. The SMILES string of the molecule is CC(O)CCC[C@H](C)C(OC1CCCCO1)[C@@H](C)C(=O)C(C)(C)[C@@H]1CCOC(C)(C)O1. The van der Waals surface area contributed by atoms with Crippen LogP contribution in [0.4, 0.5) is 0 Å². The van der Waals surface area contributed by atoms with Gasteiger partial charge in [-0.2, -0.15) is 0 Å². The topological polar surface area (TPSA) is 74.2 Å². The predicted molar refractivity (Wildman–Crippen MR) is 121 cm³/mol. The van der Waals surface area contributed by atoms with Crippen LogP contribution in [0, 0.1) is 17.3 Å². The van der Waals surface area contributed by atoms with Crippen molar-refractivity contribution in [2.45, 2.75) is 124 Å². The fourth-order valence-electron chi connectivity index (χ4n) is 4.89. The van der Waals surface area contributed by atoms with Crippen molar-refractivity contribution in [3.8, 4) is 0 Å². The van der Waals surface area contributed by atoms with Gasteiger partial charge in [0, 0.05) is 12.5 Å². The Morgan fingerprint density at radius 3 is 2.42 bits per heavy atom. The number of aliphatic hydroxyl groups is 1. The van der Waals surface area contributed by atoms with E-state index in [-0.39, 0.29) is 42.2 Å². The standard InChI is InChI=1S/C25H46O6/c1-17(11-10-12-18(2)26)22(30-21-13-8-9-15-28-21)19(3)23(27)24(4,5)20-14-16-29-25(6,7)31-20/h17-22,26H,8-16H2,1-7H3/t17-,18?,19+,20-,21?,22?/m0/s1. The molecular formula is C25H46O6. The maximum atomic E-state index is 13.8. The molecule has 0 saturated carbocycles. The van der Waals surface area contributed by atoms with Crippen LogP contribution in [0.1, 0.15) is 93.4 Å². The molecule has 0 aromatic heterocycles. The van der Waals surface area contributed by atoms with Crippen LogP contribution >= 0.6 is 0 Å². The number of carbonyl (C=O) groups excluding carboxylic acids is 1. The molecule has 2 heterocycles. The van der Waals surface area contributed by atoms with E-state index in [0.29, 0.717) is 19.6 Å². The molecule has 2 aliphatic rings. The van der Waals surface area contributed by atoms with E-state index < -0.39 is 11.2 Å². The van der Waals surface area contributed by atoms with E-state index in [0.717, 1.165) is 38.5 Å². The molecule has 0 aromatic rings. The lowest BCUT2D eigenvalue weighted by molar-refractivity contribution is -0.289. The quantitative estimate of drug-likeness (QED) is 0.493. The zero-order valence-corrected chi connectivity index (χ0v) is 20.8. The molecule has 6 atom stereocenters. The summed E-state index contributed by atoms with van der Waals surface area (Å²) in [4.78, 5) is 13.8. The largest absolute Gasteiger partial charge is 0.393 e. The van der Waals surface area contributed by atoms with Crippen LogP contribution in [0.5, 0.6) is 0 Å². The Labute approximate surface area is 189 Å². The predicted octanol–water partition coefficient (Wildman–Crippen LogP) is 4.86. The van der Waals surface area contributed by atoms with Crippen molar-refractivity contribution >= 4 is 5.78 Å². The highest BCUT2D eigenvalue weighted by Crippen LogP contribution is 2.38. The van der Waals surface area contributed by atoms with Gasteiger partial charge in [0.2, 0.25) is 0 Å². The third kappa shape index (κ3) is 7.78. The number of ketones is 1. The first-order chi connectivity index (χ1) is 14.4. The van der Waals surface area contributed by atoms with Crippen LogP contribution in [0.25, 0.3) is 0 Å². The van der Waals surface area contributed by atoms with E-state index in [1.54, 1.807) is 0 Å². The van der Waals surface area contributed by atoms with Crippen molar-refractivity contribution in [2.24, 2.45) is 17.3 Å². The van der Waals surface area contributed by atoms with E-state index in [9.17, 15) is 9.90 Å². The van der Waals surface area contributed by atoms with Gasteiger partial charge in [-0.3, -0.25) is 4.79 Å². The van der Waals surface area contributed by atoms with Crippen molar-refractivity contribution in [3.63, 3.8) is 0 Å². The van der Waals surface area contributed by atoms with Gasteiger partial charge in [-0.25, -0.2) is 0 Å². The second-order valence-corrected chi connectivity index (χ2v) is 10.7. The summed E-state index contributed by atoms with van der Waals surface area (Å²) in [5.41, 5.74) is -0.644. The zero-order chi connectivity index (χ0) is 23.2. The number of Topliss-reactive ketones (excluding diaryl/α,β-unsaturated/α-hetero) is 1. The van der Waals surface area contributed by atoms with Gasteiger partial charge < -0.3 is 24.1 Å². The molecular weight excluding hydrogens is 396 g/mol. The highest BCUT2D eigenvalue weighted by atomic mass is 16.7. The molecule has 6 nitrogen and oxygen atoms in total. The maximum Gasteiger partial charge on any atom is 0.163 e. The Morgan fingerprint density at radius 1 is 1.13 bits per heavy atom. The van der Waals surface area contributed by atoms with Crippen LogP contribution in [-0.4, -0.2) is 54.5 Å². The monoisotopic (exact) mass is 442 g/mol. The molecule has 0 bridgehead atoms. The number of aliphatic hydroxyl groups excluding tert-OH is 1. The van der Waals surface area contributed by atoms with Gasteiger partial charge in [-0.15, -0.1) is 0 Å². The molecule has 2 aliphatic heterocycles. The zero-order valence-electron chi connectivity index (χ0n) is 20.8. The lowest BCUT2D eigenvalue weighted by Gasteiger charge is -2.44. The van der Waals surface area contributed by atoms with E-state index in [1.807, 2.05) is 41.5 Å². The van der Waals surface area contributed by atoms with Gasteiger partial charge >= 0.3 is 0 Å². The van der Waals surface area contributed by atoms with Gasteiger partial charge in [0.15, 0.2) is 12.1 Å². The number of rotatable bonds is 11. The third-order valence-corrected chi connectivity index (χ3v) is 6.89. The lowest BCUT2D eigenvalue weighted by atomic mass is 9.72. The van der Waals surface area contributed by atoms with Crippen LogP contribution in [0.2, 0.25) is 0 Å². The fraction of sp³-hybridized carbons (Fsp3) is 0.960. The molecule has 2 saturated heterocycles. The summed E-state index contributed by atoms with van der Waals surface area (Å²) < 4.78 is 24.1. The molecule has 0 amide bonds. The Kier molecular flexibility index (Phi) is 9.96. The molecule has 1 N–H and O–H groups in total. The minimum absolute atomic E-state index is 0.165. The van der Waals surface area contributed by atoms with Gasteiger partial charge in [0.05, 0.1) is 30.3 Å². The number of carbonyl (C=O) groups is 1. The average molecular weight is 443 g/mol. The molecule has 2 rings (SSSR count). The van der Waals surface area contributed by atoms with E-state index >= 15 is 0 Å². The Bertz CT molecular complexity index is 552. The fourth-order valence-corrected chi connectivity index (χ4v) is 4.89. The number of ether oxygens (including phenoxy) is 4. The summed E-state index contributed by atoms with van der Waals surface area (Å²) >= 11 is 0. The maximum absolute atomic E-state index is 13.8. The van der Waals surface area contributed by atoms with Crippen molar-refractivity contribution in [1.29, 1.82) is 0 Å². The summed E-state index contributed by atoms with van der Waals surface area (Å²) in [7, 11) is 0. The van der Waals surface area contributed by atoms with Crippen LogP contribution in [0.15, 0.2) is 0 Å². The molecule has 2 fully saturated rings. The molecule has 0 aromatic carbocycles.